The Morgan fingerprint density at radius 1 is 0.760 bits per heavy atom. The standard InChI is InChI=1S/C20H19N5/c1-12-8-14(3)18(15(4)9-12)25-19-16(6-5-7-21-19)23-24-17-10-13(2)11-22-20(17)25/h5-11H,1-4H3. The van der Waals surface area contributed by atoms with Gasteiger partial charge in [0, 0.05) is 12.4 Å². The molecule has 0 aliphatic carbocycles. The van der Waals surface area contributed by atoms with Crippen LogP contribution in [0.1, 0.15) is 22.3 Å². The van der Waals surface area contributed by atoms with Crippen molar-refractivity contribution >= 4 is 28.7 Å². The Bertz CT molecular complexity index is 984. The van der Waals surface area contributed by atoms with Gasteiger partial charge in [-0.3, -0.25) is 4.90 Å². The lowest BCUT2D eigenvalue weighted by Crippen LogP contribution is -2.15. The van der Waals surface area contributed by atoms with Crippen LogP contribution in [0, 0.1) is 27.7 Å². The van der Waals surface area contributed by atoms with Crippen LogP contribution in [0.4, 0.5) is 28.7 Å². The van der Waals surface area contributed by atoms with Crippen molar-refractivity contribution in [1.29, 1.82) is 0 Å². The molecule has 5 nitrogen and oxygen atoms in total. The minimum absolute atomic E-state index is 0.734. The number of hydrogen-bond acceptors (Lipinski definition) is 5. The number of pyridine rings is 2. The van der Waals surface area contributed by atoms with Gasteiger partial charge in [-0.1, -0.05) is 17.7 Å². The Balaban J connectivity index is 2.07. The molecule has 124 valence electrons. The third-order valence-corrected chi connectivity index (χ3v) is 4.30. The van der Waals surface area contributed by atoms with Gasteiger partial charge in [-0.2, -0.15) is 0 Å². The largest absolute Gasteiger partial charge is 0.275 e. The minimum Gasteiger partial charge on any atom is -0.275 e. The highest BCUT2D eigenvalue weighted by atomic mass is 15.3. The highest BCUT2D eigenvalue weighted by Crippen LogP contribution is 2.46. The number of aromatic nitrogens is 2. The van der Waals surface area contributed by atoms with Gasteiger partial charge in [0.25, 0.3) is 0 Å². The van der Waals surface area contributed by atoms with Crippen molar-refractivity contribution in [2.75, 3.05) is 4.90 Å². The number of hydrogen-bond donors (Lipinski definition) is 0. The van der Waals surface area contributed by atoms with Crippen LogP contribution in [-0.4, -0.2) is 9.97 Å². The second-order valence-electron chi connectivity index (χ2n) is 6.48. The maximum Gasteiger partial charge on any atom is 0.166 e. The SMILES string of the molecule is Cc1cc(C)c(N2c3ncccc3N=Nc3cc(C)cnc32)c(C)c1. The van der Waals surface area contributed by atoms with Crippen LogP contribution in [0.25, 0.3) is 0 Å². The second kappa shape index (κ2) is 5.77. The molecule has 5 heteroatoms. The lowest BCUT2D eigenvalue weighted by molar-refractivity contribution is 1.10. The van der Waals surface area contributed by atoms with Gasteiger partial charge in [-0.05, 0) is 62.6 Å². The van der Waals surface area contributed by atoms with Crippen LogP contribution in [0.3, 0.4) is 0 Å². The van der Waals surface area contributed by atoms with E-state index in [0.717, 1.165) is 34.3 Å². The zero-order valence-electron chi connectivity index (χ0n) is 14.8. The van der Waals surface area contributed by atoms with Crippen LogP contribution >= 0.6 is 0 Å². The summed E-state index contributed by atoms with van der Waals surface area (Å²) in [6.07, 6.45) is 3.63. The average Bonchev–Trinajstić information content (AvgIpc) is 2.72. The number of aryl methyl sites for hydroxylation is 4. The summed E-state index contributed by atoms with van der Waals surface area (Å²) in [5, 5.41) is 8.83. The van der Waals surface area contributed by atoms with Gasteiger partial charge in [0.05, 0.1) is 5.69 Å². The average molecular weight is 329 g/mol. The summed E-state index contributed by atoms with van der Waals surface area (Å²) in [5.74, 6) is 1.50. The third kappa shape index (κ3) is 2.58. The predicted octanol–water partition coefficient (Wildman–Crippen LogP) is 5.91. The Morgan fingerprint density at radius 2 is 1.44 bits per heavy atom. The molecule has 0 saturated carbocycles. The highest BCUT2D eigenvalue weighted by molar-refractivity contribution is 5.87. The molecule has 3 heterocycles. The van der Waals surface area contributed by atoms with E-state index in [2.05, 4.69) is 58.0 Å². The van der Waals surface area contributed by atoms with Crippen LogP contribution in [0.15, 0.2) is 53.0 Å². The zero-order chi connectivity index (χ0) is 17.6. The molecule has 0 N–H and O–H groups in total. The van der Waals surface area contributed by atoms with E-state index in [1.807, 2.05) is 31.3 Å². The quantitative estimate of drug-likeness (QED) is 0.436. The summed E-state index contributed by atoms with van der Waals surface area (Å²) < 4.78 is 0. The first-order valence-electron chi connectivity index (χ1n) is 8.26. The maximum atomic E-state index is 4.67. The molecule has 0 saturated heterocycles. The fourth-order valence-corrected chi connectivity index (χ4v) is 3.38. The topological polar surface area (TPSA) is 53.7 Å². The van der Waals surface area contributed by atoms with E-state index >= 15 is 0 Å². The fraction of sp³-hybridized carbons (Fsp3) is 0.200. The van der Waals surface area contributed by atoms with E-state index in [4.69, 9.17) is 0 Å². The molecule has 25 heavy (non-hydrogen) atoms. The van der Waals surface area contributed by atoms with E-state index in [1.54, 1.807) is 6.20 Å². The van der Waals surface area contributed by atoms with E-state index < -0.39 is 0 Å². The Morgan fingerprint density at radius 3 is 2.20 bits per heavy atom. The molecule has 0 fully saturated rings. The van der Waals surface area contributed by atoms with Gasteiger partial charge >= 0.3 is 0 Å². The normalized spacial score (nSPS) is 12.6. The molecule has 0 atom stereocenters. The summed E-state index contributed by atoms with van der Waals surface area (Å²) in [6, 6.07) is 10.2. The van der Waals surface area contributed by atoms with Crippen molar-refractivity contribution in [3.63, 3.8) is 0 Å². The molecule has 0 unspecified atom stereocenters. The molecule has 0 amide bonds. The van der Waals surface area contributed by atoms with E-state index in [-0.39, 0.29) is 0 Å². The number of rotatable bonds is 1. The molecule has 0 spiro atoms. The Labute approximate surface area is 147 Å². The first kappa shape index (κ1) is 15.4. The van der Waals surface area contributed by atoms with Gasteiger partial charge in [0.1, 0.15) is 11.4 Å². The van der Waals surface area contributed by atoms with E-state index in [9.17, 15) is 0 Å². The summed E-state index contributed by atoms with van der Waals surface area (Å²) >= 11 is 0. The molecular formula is C20H19N5. The van der Waals surface area contributed by atoms with Crippen LogP contribution in [0.5, 0.6) is 0 Å². The third-order valence-electron chi connectivity index (χ3n) is 4.30. The Hall–Kier alpha value is -3.08. The monoisotopic (exact) mass is 329 g/mol. The first-order chi connectivity index (χ1) is 12.0. The van der Waals surface area contributed by atoms with Crippen molar-refractivity contribution < 1.29 is 0 Å². The number of anilines is 3. The molecular weight excluding hydrogens is 310 g/mol. The molecule has 0 radical (unpaired) electrons. The number of benzene rings is 1. The van der Waals surface area contributed by atoms with Gasteiger partial charge in [-0.15, -0.1) is 10.2 Å². The fourth-order valence-electron chi connectivity index (χ4n) is 3.38. The van der Waals surface area contributed by atoms with Crippen molar-refractivity contribution in [1.82, 2.24) is 9.97 Å². The van der Waals surface area contributed by atoms with Gasteiger partial charge in [0.15, 0.2) is 11.6 Å². The highest BCUT2D eigenvalue weighted by Gasteiger charge is 2.26. The summed E-state index contributed by atoms with van der Waals surface area (Å²) in [4.78, 5) is 11.3. The van der Waals surface area contributed by atoms with Crippen LogP contribution in [-0.2, 0) is 0 Å². The van der Waals surface area contributed by atoms with E-state index in [1.165, 1.54) is 16.7 Å². The zero-order valence-corrected chi connectivity index (χ0v) is 14.8. The van der Waals surface area contributed by atoms with Gasteiger partial charge in [0.2, 0.25) is 0 Å². The molecule has 1 aromatic carbocycles. The molecule has 1 aliphatic heterocycles. The van der Waals surface area contributed by atoms with Crippen LogP contribution in [0.2, 0.25) is 0 Å². The van der Waals surface area contributed by atoms with Crippen molar-refractivity contribution in [3.8, 4) is 0 Å². The molecule has 1 aliphatic rings. The first-order valence-corrected chi connectivity index (χ1v) is 8.26. The van der Waals surface area contributed by atoms with Crippen molar-refractivity contribution in [3.05, 3.63) is 65.0 Å². The molecule has 2 aromatic heterocycles. The number of azo groups is 1. The molecule has 3 aromatic rings. The second-order valence-corrected chi connectivity index (χ2v) is 6.48. The summed E-state index contributed by atoms with van der Waals surface area (Å²) in [7, 11) is 0. The van der Waals surface area contributed by atoms with Crippen LogP contribution < -0.4 is 4.90 Å². The summed E-state index contributed by atoms with van der Waals surface area (Å²) in [5.41, 5.74) is 7.19. The number of fused-ring (bicyclic) bond motifs is 2. The van der Waals surface area contributed by atoms with Crippen molar-refractivity contribution in [2.45, 2.75) is 27.7 Å². The maximum absolute atomic E-state index is 4.67. The van der Waals surface area contributed by atoms with Gasteiger partial charge in [-0.25, -0.2) is 9.97 Å². The van der Waals surface area contributed by atoms with Crippen molar-refractivity contribution in [2.24, 2.45) is 10.2 Å². The summed E-state index contributed by atoms with van der Waals surface area (Å²) in [6.45, 7) is 8.35. The lowest BCUT2D eigenvalue weighted by Gasteiger charge is -2.27. The smallest absolute Gasteiger partial charge is 0.166 e. The molecule has 4 rings (SSSR count). The number of nitrogens with zero attached hydrogens (tertiary/aromatic N) is 5. The lowest BCUT2D eigenvalue weighted by atomic mass is 10.0. The minimum atomic E-state index is 0.734. The Kier molecular flexibility index (Phi) is 3.57. The van der Waals surface area contributed by atoms with Gasteiger partial charge < -0.3 is 0 Å². The predicted molar refractivity (Wildman–Crippen MR) is 99.8 cm³/mol. The molecule has 0 bridgehead atoms. The van der Waals surface area contributed by atoms with E-state index in [0.29, 0.717) is 0 Å².